The molecule has 1 aliphatic rings. The first kappa shape index (κ1) is 28.0. The van der Waals surface area contributed by atoms with E-state index < -0.39 is 56.1 Å². The fourth-order valence-corrected chi connectivity index (χ4v) is 4.73. The second kappa shape index (κ2) is 9.84. The van der Waals surface area contributed by atoms with E-state index in [1.54, 1.807) is 13.8 Å². The van der Waals surface area contributed by atoms with Gasteiger partial charge in [0, 0.05) is 0 Å². The normalized spacial score (nSPS) is 25.4. The van der Waals surface area contributed by atoms with E-state index in [1.807, 2.05) is 6.92 Å². The van der Waals surface area contributed by atoms with Gasteiger partial charge in [-0.05, 0) is 38.4 Å². The summed E-state index contributed by atoms with van der Waals surface area (Å²) in [6.45, 7) is 15.7. The number of carbonyl (C=O) groups excluding carboxylic acids is 2. The Morgan fingerprint density at radius 1 is 1.13 bits per heavy atom. The molecule has 0 radical (unpaired) electrons. The highest BCUT2D eigenvalue weighted by Crippen LogP contribution is 2.43. The first-order valence-corrected chi connectivity index (χ1v) is 13.5. The Morgan fingerprint density at radius 3 is 2.10 bits per heavy atom. The summed E-state index contributed by atoms with van der Waals surface area (Å²) in [4.78, 5) is 24.8. The third-order valence-corrected chi connectivity index (χ3v) is 10.6. The van der Waals surface area contributed by atoms with E-state index in [2.05, 4.69) is 38.6 Å². The predicted octanol–water partition coefficient (Wildman–Crippen LogP) is 2.13. The van der Waals surface area contributed by atoms with Crippen LogP contribution in [0, 0.1) is 0 Å². The zero-order valence-electron chi connectivity index (χ0n) is 20.5. The number of hydrogen-bond donors (Lipinski definition) is 2. The average Bonchev–Trinajstić information content (AvgIpc) is 2.99. The maximum Gasteiger partial charge on any atom is 0.344 e. The molecule has 0 aromatic rings. The third kappa shape index (κ3) is 5.85. The molecule has 0 bridgehead atoms. The van der Waals surface area contributed by atoms with Gasteiger partial charge in [-0.15, -0.1) is 0 Å². The van der Waals surface area contributed by atoms with Gasteiger partial charge in [-0.1, -0.05) is 34.1 Å². The number of carbonyl (C=O) groups is 2. The Bertz CT molecular complexity index is 643. The van der Waals surface area contributed by atoms with Crippen LogP contribution in [0.1, 0.15) is 54.4 Å². The van der Waals surface area contributed by atoms with Crippen LogP contribution >= 0.6 is 0 Å². The number of hydrogen-bond acceptors (Lipinski definition) is 9. The molecule has 182 valence electrons. The lowest BCUT2D eigenvalue weighted by Crippen LogP contribution is -2.66. The highest BCUT2D eigenvalue weighted by molar-refractivity contribution is 6.74. The zero-order valence-corrected chi connectivity index (χ0v) is 21.5. The number of ether oxygens (including phenoxy) is 4. The molecule has 0 unspecified atom stereocenters. The summed E-state index contributed by atoms with van der Waals surface area (Å²) in [7, 11) is -0.203. The Morgan fingerprint density at radius 2 is 1.68 bits per heavy atom. The van der Waals surface area contributed by atoms with E-state index in [1.165, 1.54) is 0 Å². The fraction of sp³-hybridized carbons (Fsp3) is 0.905. The van der Waals surface area contributed by atoms with Crippen LogP contribution in [0.3, 0.4) is 0 Å². The van der Waals surface area contributed by atoms with E-state index in [-0.39, 0.29) is 5.04 Å². The van der Waals surface area contributed by atoms with Crippen LogP contribution in [-0.2, 0) is 33.0 Å². The van der Waals surface area contributed by atoms with Crippen LogP contribution in [0.15, 0.2) is 0 Å². The Labute approximate surface area is 186 Å². The molecular weight excluding hydrogens is 424 g/mol. The third-order valence-electron chi connectivity index (χ3n) is 6.11. The van der Waals surface area contributed by atoms with Gasteiger partial charge in [0.1, 0.15) is 12.2 Å². The van der Waals surface area contributed by atoms with Gasteiger partial charge in [0.05, 0.1) is 20.3 Å². The highest BCUT2D eigenvalue weighted by Gasteiger charge is 2.64. The Balaban J connectivity index is 3.52. The number of methoxy groups -OCH3 is 2. The standard InChI is InChI=1S/C21H40O9Si/c1-11-12-13(30-31(9,10)19(2,3)4)14-16(29-20(5,6)28-14)21(25,18(24)27-8)15(22)17(23)26-7/h13-16,22,25H,11-12H2,1-10H3/t13-,14-,15+,16+,21-/m0/s1. The SMILES string of the molecule is CCC[C@H](O[Si](C)(C)C(C)(C)C)[C@@H]1OC(C)(C)O[C@H]1[C@](O)(C(=O)OC)[C@H](O)C(=O)OC. The van der Waals surface area contributed by atoms with Crippen molar-refractivity contribution in [1.29, 1.82) is 0 Å². The van der Waals surface area contributed by atoms with Crippen LogP contribution in [-0.4, -0.2) is 80.5 Å². The first-order chi connectivity index (χ1) is 14.0. The van der Waals surface area contributed by atoms with E-state index in [4.69, 9.17) is 18.6 Å². The van der Waals surface area contributed by atoms with Crippen LogP contribution in [0.25, 0.3) is 0 Å². The Hall–Kier alpha value is -1.04. The molecule has 0 saturated carbocycles. The topological polar surface area (TPSA) is 121 Å². The molecule has 0 aromatic heterocycles. The molecular formula is C21H40O9Si. The molecule has 1 heterocycles. The van der Waals surface area contributed by atoms with E-state index in [0.717, 1.165) is 20.6 Å². The van der Waals surface area contributed by atoms with Gasteiger partial charge >= 0.3 is 11.9 Å². The van der Waals surface area contributed by atoms with Gasteiger partial charge in [0.25, 0.3) is 0 Å². The molecule has 31 heavy (non-hydrogen) atoms. The van der Waals surface area contributed by atoms with Gasteiger partial charge in [-0.3, -0.25) is 0 Å². The number of esters is 2. The van der Waals surface area contributed by atoms with Gasteiger partial charge in [0.15, 0.2) is 20.2 Å². The second-order valence-corrected chi connectivity index (χ2v) is 14.7. The minimum atomic E-state index is -2.76. The van der Waals surface area contributed by atoms with Crippen LogP contribution < -0.4 is 0 Å². The lowest BCUT2D eigenvalue weighted by atomic mass is 9.84. The van der Waals surface area contributed by atoms with Crippen molar-refractivity contribution < 1.29 is 43.2 Å². The minimum Gasteiger partial charge on any atom is -0.467 e. The second-order valence-electron chi connectivity index (χ2n) is 9.97. The van der Waals surface area contributed by atoms with Crippen molar-refractivity contribution in [2.45, 2.75) is 108 Å². The van der Waals surface area contributed by atoms with Crippen LogP contribution in [0.2, 0.25) is 18.1 Å². The summed E-state index contributed by atoms with van der Waals surface area (Å²) in [5, 5.41) is 21.8. The summed E-state index contributed by atoms with van der Waals surface area (Å²) in [5.41, 5.74) is -2.76. The molecule has 1 aliphatic heterocycles. The molecule has 9 nitrogen and oxygen atoms in total. The van der Waals surface area contributed by atoms with E-state index in [9.17, 15) is 19.8 Å². The average molecular weight is 465 g/mol. The van der Waals surface area contributed by atoms with Crippen molar-refractivity contribution in [3.05, 3.63) is 0 Å². The summed E-state index contributed by atoms with van der Waals surface area (Å²) in [5.74, 6) is -3.64. The molecule has 0 aliphatic carbocycles. The van der Waals surface area contributed by atoms with Crippen molar-refractivity contribution in [2.75, 3.05) is 14.2 Å². The number of aliphatic hydroxyl groups is 2. The summed E-state index contributed by atoms with van der Waals surface area (Å²) in [6, 6.07) is 0. The van der Waals surface area contributed by atoms with Crippen molar-refractivity contribution in [1.82, 2.24) is 0 Å². The monoisotopic (exact) mass is 464 g/mol. The molecule has 1 saturated heterocycles. The smallest absolute Gasteiger partial charge is 0.344 e. The molecule has 0 amide bonds. The van der Waals surface area contributed by atoms with E-state index >= 15 is 0 Å². The maximum atomic E-state index is 12.7. The molecule has 5 atom stereocenters. The minimum absolute atomic E-state index is 0.104. The first-order valence-electron chi connectivity index (χ1n) is 10.6. The summed E-state index contributed by atoms with van der Waals surface area (Å²) < 4.78 is 27.9. The van der Waals surface area contributed by atoms with Gasteiger partial charge in [-0.2, -0.15) is 0 Å². The van der Waals surface area contributed by atoms with Crippen LogP contribution in [0.5, 0.6) is 0 Å². The quantitative estimate of drug-likeness (QED) is 0.390. The number of rotatable bonds is 9. The molecule has 0 spiro atoms. The largest absolute Gasteiger partial charge is 0.467 e. The predicted molar refractivity (Wildman–Crippen MR) is 116 cm³/mol. The maximum absolute atomic E-state index is 12.7. The summed E-state index contributed by atoms with van der Waals surface area (Å²) >= 11 is 0. The number of aliphatic hydroxyl groups excluding tert-OH is 1. The molecule has 0 aromatic carbocycles. The van der Waals surface area contributed by atoms with Crippen LogP contribution in [0.4, 0.5) is 0 Å². The molecule has 10 heteroatoms. The lowest BCUT2D eigenvalue weighted by Gasteiger charge is -2.43. The summed E-state index contributed by atoms with van der Waals surface area (Å²) in [6.07, 6.45) is -3.90. The van der Waals surface area contributed by atoms with Gasteiger partial charge in [0.2, 0.25) is 5.60 Å². The lowest BCUT2D eigenvalue weighted by molar-refractivity contribution is -0.217. The van der Waals surface area contributed by atoms with E-state index in [0.29, 0.717) is 6.42 Å². The zero-order chi connectivity index (χ0) is 24.4. The molecule has 1 fully saturated rings. The van der Waals surface area contributed by atoms with Crippen molar-refractivity contribution in [3.8, 4) is 0 Å². The van der Waals surface area contributed by atoms with Crippen molar-refractivity contribution in [2.24, 2.45) is 0 Å². The Kier molecular flexibility index (Phi) is 8.89. The van der Waals surface area contributed by atoms with Crippen molar-refractivity contribution >= 4 is 20.3 Å². The van der Waals surface area contributed by atoms with Crippen molar-refractivity contribution in [3.63, 3.8) is 0 Å². The molecule has 2 N–H and O–H groups in total. The van der Waals surface area contributed by atoms with Gasteiger partial charge in [-0.25, -0.2) is 9.59 Å². The highest BCUT2D eigenvalue weighted by atomic mass is 28.4. The molecule has 1 rings (SSSR count). The van der Waals surface area contributed by atoms with Gasteiger partial charge < -0.3 is 33.6 Å². The fourth-order valence-electron chi connectivity index (χ4n) is 3.37.